The van der Waals surface area contributed by atoms with Crippen LogP contribution in [0.4, 0.5) is 17.1 Å². The topological polar surface area (TPSA) is 13.1 Å². The largest absolute Gasteiger partial charge is 0.310 e. The van der Waals surface area contributed by atoms with Crippen LogP contribution in [0.1, 0.15) is 44.4 Å². The Morgan fingerprint density at radius 2 is 1.15 bits per heavy atom. The number of para-hydroxylation sites is 1. The third-order valence-electron chi connectivity index (χ3n) is 12.2. The summed E-state index contributed by atoms with van der Waals surface area (Å²) in [4.78, 5) is 2.46. The van der Waals surface area contributed by atoms with Crippen molar-refractivity contribution >= 4 is 93.1 Å². The lowest BCUT2D eigenvalue weighted by atomic mass is 10.00. The minimum atomic E-state index is 1.04. The molecule has 0 N–H and O–H groups in total. The number of aromatic nitrogens is 2. The fraction of sp³-hybridized carbons (Fsp3) is 0.107. The van der Waals surface area contributed by atoms with Gasteiger partial charge in [0.2, 0.25) is 0 Å². The molecule has 0 aliphatic heterocycles. The molecule has 0 saturated carbocycles. The van der Waals surface area contributed by atoms with Crippen molar-refractivity contribution in [2.75, 3.05) is 4.90 Å². The van der Waals surface area contributed by atoms with Gasteiger partial charge in [-0.25, -0.2) is 0 Å². The Bertz CT molecular complexity index is 3320. The average molecular weight is 792 g/mol. The van der Waals surface area contributed by atoms with Crippen LogP contribution in [0, 0.1) is 0 Å². The second-order valence-electron chi connectivity index (χ2n) is 15.5. The number of anilines is 3. The van der Waals surface area contributed by atoms with Crippen LogP contribution in [0.2, 0.25) is 0 Å². The predicted octanol–water partition coefficient (Wildman–Crippen LogP) is 16.4. The Balaban J connectivity index is 0.00000201. The van der Waals surface area contributed by atoms with E-state index >= 15 is 0 Å². The van der Waals surface area contributed by atoms with Crippen LogP contribution in [0.5, 0.6) is 0 Å². The normalized spacial score (nSPS) is 13.5. The summed E-state index contributed by atoms with van der Waals surface area (Å²) in [5.41, 5.74) is 14.7. The molecule has 0 atom stereocenters. The Kier molecular flexibility index (Phi) is 9.09. The molecule has 0 spiro atoms. The van der Waals surface area contributed by atoms with E-state index in [4.69, 9.17) is 0 Å². The molecule has 0 unspecified atom stereocenters. The highest BCUT2D eigenvalue weighted by atomic mass is 32.1. The summed E-state index contributed by atoms with van der Waals surface area (Å²) in [7, 11) is 0. The molecule has 290 valence electrons. The fourth-order valence-electron chi connectivity index (χ4n) is 9.56. The van der Waals surface area contributed by atoms with Gasteiger partial charge < -0.3 is 14.0 Å². The molecule has 3 heterocycles. The van der Waals surface area contributed by atoms with Crippen LogP contribution < -0.4 is 4.90 Å². The number of nitrogens with zero attached hydrogens (tertiary/aromatic N) is 3. The first kappa shape index (κ1) is 36.2. The predicted molar refractivity (Wildman–Crippen MR) is 261 cm³/mol. The molecule has 2 aliphatic carbocycles. The van der Waals surface area contributed by atoms with Crippen molar-refractivity contribution in [2.24, 2.45) is 0 Å². The Morgan fingerprint density at radius 3 is 1.92 bits per heavy atom. The van der Waals surface area contributed by atoms with Crippen molar-refractivity contribution in [3.63, 3.8) is 0 Å². The fourth-order valence-corrected chi connectivity index (χ4v) is 10.8. The number of thiophene rings is 1. The van der Waals surface area contributed by atoms with Gasteiger partial charge in [0, 0.05) is 70.5 Å². The molecule has 60 heavy (non-hydrogen) atoms. The summed E-state index contributed by atoms with van der Waals surface area (Å²) in [6, 6.07) is 58.3. The first-order chi connectivity index (χ1) is 29.8. The highest BCUT2D eigenvalue weighted by molar-refractivity contribution is 7.26. The highest BCUT2D eigenvalue weighted by Gasteiger charge is 2.24. The van der Waals surface area contributed by atoms with E-state index in [2.05, 4.69) is 202 Å². The van der Waals surface area contributed by atoms with Gasteiger partial charge in [-0.2, -0.15) is 0 Å². The van der Waals surface area contributed by atoms with Crippen LogP contribution in [-0.2, 0) is 6.42 Å². The summed E-state index contributed by atoms with van der Waals surface area (Å²) in [6.45, 7) is 4.00. The zero-order valence-electron chi connectivity index (χ0n) is 34.0. The number of hydrogen-bond donors (Lipinski definition) is 0. The van der Waals surface area contributed by atoms with E-state index in [1.807, 2.05) is 25.2 Å². The Hall–Kier alpha value is -6.88. The molecule has 12 rings (SSSR count). The van der Waals surface area contributed by atoms with E-state index in [1.165, 1.54) is 86.6 Å². The standard InChI is InChI=1S/C54H39N3S.C2H6/c1-4-14-36(15-5-1)37-24-26-40(27-25-37)55(41-28-31-49-46(34-41)43-20-10-12-22-48(43)56(49)38-16-6-2-7-17-38)42-29-32-50-47(35-42)53-51(57(50)39-18-8-3-9-19-39)33-30-45-44-21-11-13-23-52(44)58-54(45)53;1-2/h1,3-6,8-9,11-19,21-35H,2,7,10,20H2;1-2H3. The first-order valence-electron chi connectivity index (χ1n) is 21.4. The van der Waals surface area contributed by atoms with Crippen LogP contribution in [0.3, 0.4) is 0 Å². The van der Waals surface area contributed by atoms with Gasteiger partial charge in [-0.3, -0.25) is 0 Å². The number of fused-ring (bicyclic) bond motifs is 10. The molecular formula is C56H45N3S. The van der Waals surface area contributed by atoms with Gasteiger partial charge in [-0.05, 0) is 127 Å². The molecule has 0 amide bonds. The summed E-state index contributed by atoms with van der Waals surface area (Å²) in [5.74, 6) is 0. The maximum absolute atomic E-state index is 2.49. The van der Waals surface area contributed by atoms with Gasteiger partial charge in [-0.1, -0.05) is 117 Å². The van der Waals surface area contributed by atoms with Crippen molar-refractivity contribution in [3.8, 4) is 16.8 Å². The van der Waals surface area contributed by atoms with Crippen LogP contribution in [-0.4, -0.2) is 9.13 Å². The van der Waals surface area contributed by atoms with E-state index in [0.717, 1.165) is 42.7 Å². The maximum Gasteiger partial charge on any atom is 0.0555 e. The number of rotatable bonds is 6. The zero-order valence-corrected chi connectivity index (χ0v) is 34.8. The first-order valence-corrected chi connectivity index (χ1v) is 22.2. The second kappa shape index (κ2) is 15.1. The molecule has 2 aliphatic rings. The van der Waals surface area contributed by atoms with E-state index in [-0.39, 0.29) is 0 Å². The molecule has 0 bridgehead atoms. The van der Waals surface area contributed by atoms with E-state index in [1.54, 1.807) is 0 Å². The van der Waals surface area contributed by atoms with Gasteiger partial charge in [0.15, 0.2) is 0 Å². The summed E-state index contributed by atoms with van der Waals surface area (Å²) < 4.78 is 7.59. The van der Waals surface area contributed by atoms with Crippen molar-refractivity contribution < 1.29 is 0 Å². The number of hydrogen-bond acceptors (Lipinski definition) is 2. The van der Waals surface area contributed by atoms with E-state index < -0.39 is 0 Å². The number of allylic oxidation sites excluding steroid dienone is 5. The van der Waals surface area contributed by atoms with Gasteiger partial charge in [0.05, 0.1) is 16.6 Å². The van der Waals surface area contributed by atoms with Crippen molar-refractivity contribution in [2.45, 2.75) is 39.5 Å². The Morgan fingerprint density at radius 1 is 0.500 bits per heavy atom. The highest BCUT2D eigenvalue weighted by Crippen LogP contribution is 2.46. The monoisotopic (exact) mass is 791 g/mol. The lowest BCUT2D eigenvalue weighted by Gasteiger charge is -2.26. The quantitative estimate of drug-likeness (QED) is 0.163. The summed E-state index contributed by atoms with van der Waals surface area (Å²) >= 11 is 1.91. The molecule has 4 heteroatoms. The maximum atomic E-state index is 2.49. The van der Waals surface area contributed by atoms with Crippen molar-refractivity contribution in [1.29, 1.82) is 0 Å². The molecule has 0 saturated heterocycles. The van der Waals surface area contributed by atoms with Gasteiger partial charge in [0.1, 0.15) is 0 Å². The van der Waals surface area contributed by atoms with Crippen LogP contribution in [0.25, 0.3) is 81.5 Å². The minimum absolute atomic E-state index is 1.04. The molecule has 3 nitrogen and oxygen atoms in total. The zero-order chi connectivity index (χ0) is 40.2. The third kappa shape index (κ3) is 5.85. The average Bonchev–Trinajstić information content (AvgIpc) is 3.98. The lowest BCUT2D eigenvalue weighted by Crippen LogP contribution is -2.10. The smallest absolute Gasteiger partial charge is 0.0555 e. The van der Waals surface area contributed by atoms with Gasteiger partial charge in [-0.15, -0.1) is 11.3 Å². The number of benzene rings is 7. The SMILES string of the molecule is C1=CC(n2c3c(c4cc(N(c5ccc(-c6ccccc6)cc5)c5ccc6c(c5)c5c7sc8ccccc8c7ccc5n6-c5ccccc5)ccc42)CCC=C3)=CCC1.CC. The van der Waals surface area contributed by atoms with Crippen molar-refractivity contribution in [3.05, 3.63) is 193 Å². The van der Waals surface area contributed by atoms with E-state index in [9.17, 15) is 0 Å². The number of aryl methyl sites for hydroxylation is 1. The molecule has 10 aromatic rings. The van der Waals surface area contributed by atoms with Crippen LogP contribution >= 0.6 is 11.3 Å². The molecule has 3 aromatic heterocycles. The summed E-state index contributed by atoms with van der Waals surface area (Å²) in [6.07, 6.45) is 16.0. The Labute approximate surface area is 355 Å². The third-order valence-corrected chi connectivity index (χ3v) is 13.4. The second-order valence-corrected chi connectivity index (χ2v) is 16.6. The molecule has 7 aromatic carbocycles. The van der Waals surface area contributed by atoms with Gasteiger partial charge >= 0.3 is 0 Å². The van der Waals surface area contributed by atoms with Gasteiger partial charge in [0.25, 0.3) is 0 Å². The minimum Gasteiger partial charge on any atom is -0.310 e. The molecular weight excluding hydrogens is 747 g/mol. The lowest BCUT2D eigenvalue weighted by molar-refractivity contribution is 0.963. The van der Waals surface area contributed by atoms with E-state index in [0.29, 0.717) is 0 Å². The summed E-state index contributed by atoms with van der Waals surface area (Å²) in [5, 5.41) is 6.53. The van der Waals surface area contributed by atoms with Crippen molar-refractivity contribution in [1.82, 2.24) is 9.13 Å². The molecule has 0 fully saturated rings. The molecule has 0 radical (unpaired) electrons. The van der Waals surface area contributed by atoms with Crippen LogP contribution in [0.15, 0.2) is 182 Å².